The van der Waals surface area contributed by atoms with E-state index in [0.717, 1.165) is 6.07 Å². The van der Waals surface area contributed by atoms with E-state index < -0.39 is 34.7 Å². The molecular weight excluding hydrogens is 287 g/mol. The van der Waals surface area contributed by atoms with Gasteiger partial charge in [0.05, 0.1) is 12.7 Å². The zero-order valence-corrected chi connectivity index (χ0v) is 10.8. The molecule has 0 spiro atoms. The average Bonchev–Trinajstić information content (AvgIpc) is 2.42. The smallest absolute Gasteiger partial charge is 0.335 e. The highest BCUT2D eigenvalue weighted by Crippen LogP contribution is 2.27. The van der Waals surface area contributed by atoms with Gasteiger partial charge in [-0.15, -0.1) is 0 Å². The van der Waals surface area contributed by atoms with E-state index in [0.29, 0.717) is 12.1 Å². The number of carboxylic acids is 1. The van der Waals surface area contributed by atoms with Gasteiger partial charge in [0, 0.05) is 11.8 Å². The van der Waals surface area contributed by atoms with E-state index in [2.05, 4.69) is 5.32 Å². The number of rotatable bonds is 4. The Kier molecular flexibility index (Phi) is 4.02. The molecule has 0 bridgehead atoms. The number of halogens is 3. The molecule has 21 heavy (non-hydrogen) atoms. The van der Waals surface area contributed by atoms with Crippen LogP contribution in [0, 0.1) is 17.5 Å². The van der Waals surface area contributed by atoms with Crippen LogP contribution < -0.4 is 10.1 Å². The SMILES string of the molecule is COc1ccc(Nc2c(F)cc(C(=O)O)cc2F)cc1F. The maximum atomic E-state index is 13.7. The first-order valence-corrected chi connectivity index (χ1v) is 5.75. The minimum Gasteiger partial charge on any atom is -0.494 e. The molecule has 2 aromatic rings. The number of hydrogen-bond acceptors (Lipinski definition) is 3. The third-order valence-electron chi connectivity index (χ3n) is 2.71. The third kappa shape index (κ3) is 3.07. The van der Waals surface area contributed by atoms with Gasteiger partial charge in [-0.3, -0.25) is 0 Å². The summed E-state index contributed by atoms with van der Waals surface area (Å²) in [5.74, 6) is -4.35. The first-order chi connectivity index (χ1) is 9.92. The molecule has 2 aromatic carbocycles. The van der Waals surface area contributed by atoms with Crippen LogP contribution in [0.15, 0.2) is 30.3 Å². The van der Waals surface area contributed by atoms with Gasteiger partial charge in [-0.05, 0) is 24.3 Å². The minimum absolute atomic E-state index is 0.0114. The summed E-state index contributed by atoms with van der Waals surface area (Å²) < 4.78 is 45.7. The zero-order chi connectivity index (χ0) is 15.6. The Labute approximate surface area is 117 Å². The van der Waals surface area contributed by atoms with Crippen LogP contribution in [0.25, 0.3) is 0 Å². The highest BCUT2D eigenvalue weighted by atomic mass is 19.1. The summed E-state index contributed by atoms with van der Waals surface area (Å²) in [5.41, 5.74) is -0.991. The fraction of sp³-hybridized carbons (Fsp3) is 0.0714. The number of carboxylic acid groups (broad SMARTS) is 1. The number of ether oxygens (including phenoxy) is 1. The van der Waals surface area contributed by atoms with Crippen molar-refractivity contribution < 1.29 is 27.8 Å². The molecule has 4 nitrogen and oxygen atoms in total. The normalized spacial score (nSPS) is 10.3. The van der Waals surface area contributed by atoms with Gasteiger partial charge in [0.2, 0.25) is 0 Å². The van der Waals surface area contributed by atoms with Crippen LogP contribution in [-0.4, -0.2) is 18.2 Å². The summed E-state index contributed by atoms with van der Waals surface area (Å²) in [6.07, 6.45) is 0. The van der Waals surface area contributed by atoms with Crippen molar-refractivity contribution in [1.82, 2.24) is 0 Å². The quantitative estimate of drug-likeness (QED) is 0.906. The monoisotopic (exact) mass is 297 g/mol. The topological polar surface area (TPSA) is 58.6 Å². The fourth-order valence-corrected chi connectivity index (χ4v) is 1.70. The number of nitrogens with one attached hydrogen (secondary N) is 1. The Morgan fingerprint density at radius 2 is 1.71 bits per heavy atom. The van der Waals surface area contributed by atoms with Crippen LogP contribution >= 0.6 is 0 Å². The Morgan fingerprint density at radius 1 is 1.10 bits per heavy atom. The molecule has 0 heterocycles. The molecule has 0 saturated heterocycles. The maximum Gasteiger partial charge on any atom is 0.335 e. The standard InChI is InChI=1S/C14H10F3NO3/c1-21-12-3-2-8(6-9(12)15)18-13-10(16)4-7(14(19)20)5-11(13)17/h2-6,18H,1H3,(H,19,20). The predicted molar refractivity (Wildman–Crippen MR) is 69.6 cm³/mol. The van der Waals surface area contributed by atoms with Crippen LogP contribution in [0.1, 0.15) is 10.4 Å². The molecular formula is C14H10F3NO3. The van der Waals surface area contributed by atoms with Crippen molar-refractivity contribution in [3.8, 4) is 5.75 Å². The highest BCUT2D eigenvalue weighted by molar-refractivity contribution is 5.88. The van der Waals surface area contributed by atoms with Gasteiger partial charge in [-0.1, -0.05) is 0 Å². The predicted octanol–water partition coefficient (Wildman–Crippen LogP) is 3.55. The van der Waals surface area contributed by atoms with E-state index in [1.165, 1.54) is 19.2 Å². The molecule has 7 heteroatoms. The Hall–Kier alpha value is -2.70. The second kappa shape index (κ2) is 5.74. The Morgan fingerprint density at radius 3 is 2.19 bits per heavy atom. The summed E-state index contributed by atoms with van der Waals surface area (Å²) in [5, 5.41) is 11.1. The van der Waals surface area contributed by atoms with Gasteiger partial charge in [0.25, 0.3) is 0 Å². The molecule has 0 aliphatic rings. The molecule has 0 radical (unpaired) electrons. The third-order valence-corrected chi connectivity index (χ3v) is 2.71. The van der Waals surface area contributed by atoms with Crippen LogP contribution in [0.4, 0.5) is 24.5 Å². The van der Waals surface area contributed by atoms with Gasteiger partial charge in [0.1, 0.15) is 5.69 Å². The fourth-order valence-electron chi connectivity index (χ4n) is 1.70. The molecule has 0 unspecified atom stereocenters. The van der Waals surface area contributed by atoms with Crippen molar-refractivity contribution >= 4 is 17.3 Å². The van der Waals surface area contributed by atoms with Gasteiger partial charge < -0.3 is 15.2 Å². The summed E-state index contributed by atoms with van der Waals surface area (Å²) in [6, 6.07) is 5.01. The first kappa shape index (κ1) is 14.7. The molecule has 2 rings (SSSR count). The van der Waals surface area contributed by atoms with Crippen LogP contribution in [-0.2, 0) is 0 Å². The Bertz CT molecular complexity index is 681. The lowest BCUT2D eigenvalue weighted by Crippen LogP contribution is -2.03. The molecule has 0 saturated carbocycles. The van der Waals surface area contributed by atoms with Crippen molar-refractivity contribution in [3.63, 3.8) is 0 Å². The van der Waals surface area contributed by atoms with Gasteiger partial charge in [-0.25, -0.2) is 18.0 Å². The van der Waals surface area contributed by atoms with Crippen molar-refractivity contribution in [2.75, 3.05) is 12.4 Å². The van der Waals surface area contributed by atoms with Crippen LogP contribution in [0.5, 0.6) is 5.75 Å². The number of anilines is 2. The minimum atomic E-state index is -1.45. The van der Waals surface area contributed by atoms with Crippen LogP contribution in [0.3, 0.4) is 0 Å². The highest BCUT2D eigenvalue weighted by Gasteiger charge is 2.15. The summed E-state index contributed by atoms with van der Waals surface area (Å²) in [4.78, 5) is 10.7. The van der Waals surface area contributed by atoms with E-state index in [9.17, 15) is 18.0 Å². The summed E-state index contributed by atoms with van der Waals surface area (Å²) in [6.45, 7) is 0. The number of benzene rings is 2. The molecule has 2 N–H and O–H groups in total. The molecule has 0 atom stereocenters. The zero-order valence-electron chi connectivity index (χ0n) is 10.8. The lowest BCUT2D eigenvalue weighted by molar-refractivity contribution is 0.0696. The van der Waals surface area contributed by atoms with E-state index in [-0.39, 0.29) is 11.4 Å². The van der Waals surface area contributed by atoms with E-state index in [4.69, 9.17) is 9.84 Å². The van der Waals surface area contributed by atoms with Gasteiger partial charge in [-0.2, -0.15) is 0 Å². The molecule has 0 aromatic heterocycles. The second-order valence-corrected chi connectivity index (χ2v) is 4.09. The van der Waals surface area contributed by atoms with Crippen molar-refractivity contribution in [2.45, 2.75) is 0 Å². The molecule has 0 fully saturated rings. The van der Waals surface area contributed by atoms with Crippen molar-refractivity contribution in [3.05, 3.63) is 53.3 Å². The largest absolute Gasteiger partial charge is 0.494 e. The van der Waals surface area contributed by atoms with E-state index in [1.807, 2.05) is 0 Å². The molecule has 110 valence electrons. The van der Waals surface area contributed by atoms with E-state index >= 15 is 0 Å². The first-order valence-electron chi connectivity index (χ1n) is 5.75. The molecule has 0 aliphatic heterocycles. The van der Waals surface area contributed by atoms with Crippen molar-refractivity contribution in [1.29, 1.82) is 0 Å². The van der Waals surface area contributed by atoms with Gasteiger partial charge in [0.15, 0.2) is 23.2 Å². The number of aromatic carboxylic acids is 1. The van der Waals surface area contributed by atoms with Crippen LogP contribution in [0.2, 0.25) is 0 Å². The summed E-state index contributed by atoms with van der Waals surface area (Å²) in [7, 11) is 1.29. The maximum absolute atomic E-state index is 13.7. The lowest BCUT2D eigenvalue weighted by Gasteiger charge is -2.11. The average molecular weight is 297 g/mol. The number of methoxy groups -OCH3 is 1. The van der Waals surface area contributed by atoms with Crippen molar-refractivity contribution in [2.24, 2.45) is 0 Å². The Balaban J connectivity index is 2.35. The number of carbonyl (C=O) groups is 1. The summed E-state index contributed by atoms with van der Waals surface area (Å²) >= 11 is 0. The molecule has 0 aliphatic carbocycles. The molecule has 0 amide bonds. The lowest BCUT2D eigenvalue weighted by atomic mass is 10.1. The number of hydrogen-bond donors (Lipinski definition) is 2. The second-order valence-electron chi connectivity index (χ2n) is 4.09. The van der Waals surface area contributed by atoms with Gasteiger partial charge >= 0.3 is 5.97 Å². The van der Waals surface area contributed by atoms with E-state index in [1.54, 1.807) is 0 Å².